The molecule has 14 nitrogen and oxygen atoms in total. The van der Waals surface area contributed by atoms with Gasteiger partial charge in [-0.15, -0.1) is 0 Å². The normalized spacial score (nSPS) is 21.1. The lowest BCUT2D eigenvalue weighted by atomic mass is 10.1. The summed E-state index contributed by atoms with van der Waals surface area (Å²) < 4.78 is 24.7. The second-order valence-corrected chi connectivity index (χ2v) is 13.8. The molecule has 0 spiro atoms. The molecule has 15 heteroatoms. The standard InChI is InChI=1S/C35H37BrN10O4/c1-34(40-41-34)14-15-46-33(47)45(25-39-46)30-8-6-28(7-9-30)42-16-18-43(19-17-42)29-10-12-31(13-11-29)48-20-32-21-49-35(50-32,22-44-24-37-23-38-44)26-2-4-27(36)5-3-26/h2-13,23-25,32H,14-22H2,1H3/t32-,35-/m1/s1. The smallest absolute Gasteiger partial charge is 0.350 e. The molecule has 8 rings (SSSR count). The number of ether oxygens (including phenoxy) is 3. The summed E-state index contributed by atoms with van der Waals surface area (Å²) in [7, 11) is 0. The summed E-state index contributed by atoms with van der Waals surface area (Å²) in [6, 6.07) is 24.2. The van der Waals surface area contributed by atoms with Crippen molar-refractivity contribution in [2.45, 2.75) is 44.0 Å². The van der Waals surface area contributed by atoms with Crippen LogP contribution in [0.3, 0.4) is 0 Å². The molecule has 0 amide bonds. The molecule has 0 aliphatic carbocycles. The van der Waals surface area contributed by atoms with Gasteiger partial charge >= 0.3 is 5.69 Å². The Morgan fingerprint density at radius 2 is 1.52 bits per heavy atom. The van der Waals surface area contributed by atoms with Crippen molar-refractivity contribution in [2.75, 3.05) is 49.2 Å². The first-order chi connectivity index (χ1) is 24.3. The summed E-state index contributed by atoms with van der Waals surface area (Å²) in [5.74, 6) is -0.205. The van der Waals surface area contributed by atoms with Crippen molar-refractivity contribution in [3.05, 3.63) is 112 Å². The number of benzene rings is 3. The van der Waals surface area contributed by atoms with Gasteiger partial charge in [-0.3, -0.25) is 0 Å². The topological polar surface area (TPSA) is 129 Å². The average Bonchev–Trinajstić information content (AvgIpc) is 3.47. The minimum absolute atomic E-state index is 0.161. The van der Waals surface area contributed by atoms with Gasteiger partial charge in [-0.2, -0.15) is 20.4 Å². The van der Waals surface area contributed by atoms with Crippen LogP contribution in [0.1, 0.15) is 18.9 Å². The number of hydrogen-bond acceptors (Lipinski definition) is 11. The number of piperazine rings is 1. The Morgan fingerprint density at radius 3 is 2.16 bits per heavy atom. The molecule has 3 aromatic carbocycles. The molecule has 2 saturated heterocycles. The van der Waals surface area contributed by atoms with Crippen molar-refractivity contribution in [3.63, 3.8) is 0 Å². The molecule has 50 heavy (non-hydrogen) atoms. The van der Waals surface area contributed by atoms with Gasteiger partial charge in [0.25, 0.3) is 0 Å². The van der Waals surface area contributed by atoms with E-state index in [-0.39, 0.29) is 17.5 Å². The summed E-state index contributed by atoms with van der Waals surface area (Å²) in [6.07, 6.45) is 5.15. The first-order valence-corrected chi connectivity index (χ1v) is 17.5. The summed E-state index contributed by atoms with van der Waals surface area (Å²) in [5.41, 5.74) is 3.47. The zero-order chi connectivity index (χ0) is 34.1. The molecule has 2 aromatic heterocycles. The van der Waals surface area contributed by atoms with Crippen LogP contribution in [-0.4, -0.2) is 80.3 Å². The van der Waals surface area contributed by atoms with Crippen LogP contribution in [0.5, 0.6) is 5.75 Å². The first-order valence-electron chi connectivity index (χ1n) is 16.7. The largest absolute Gasteiger partial charge is 0.491 e. The second kappa shape index (κ2) is 13.5. The third kappa shape index (κ3) is 6.93. The molecule has 2 atom stereocenters. The predicted molar refractivity (Wildman–Crippen MR) is 189 cm³/mol. The zero-order valence-electron chi connectivity index (χ0n) is 27.6. The van der Waals surface area contributed by atoms with Crippen LogP contribution in [0.15, 0.2) is 111 Å². The van der Waals surface area contributed by atoms with Gasteiger partial charge in [0.15, 0.2) is 5.66 Å². The number of anilines is 2. The van der Waals surface area contributed by atoms with Crippen molar-refractivity contribution in [2.24, 2.45) is 10.2 Å². The van der Waals surface area contributed by atoms with Gasteiger partial charge in [0.05, 0.1) is 18.8 Å². The molecule has 5 aromatic rings. The Hall–Kier alpha value is -4.86. The lowest BCUT2D eigenvalue weighted by molar-refractivity contribution is -0.190. The molecular weight excluding hydrogens is 704 g/mol. The third-order valence-electron chi connectivity index (χ3n) is 9.36. The van der Waals surface area contributed by atoms with E-state index in [0.717, 1.165) is 59.0 Å². The average molecular weight is 742 g/mol. The highest BCUT2D eigenvalue weighted by atomic mass is 79.9. The van der Waals surface area contributed by atoms with Gasteiger partial charge in [-0.1, -0.05) is 28.1 Å². The molecule has 2 fully saturated rings. The van der Waals surface area contributed by atoms with Crippen molar-refractivity contribution in [3.8, 4) is 11.4 Å². The van der Waals surface area contributed by atoms with Crippen molar-refractivity contribution in [1.82, 2.24) is 29.1 Å². The van der Waals surface area contributed by atoms with E-state index >= 15 is 0 Å². The summed E-state index contributed by atoms with van der Waals surface area (Å²) in [5, 5.41) is 16.6. The van der Waals surface area contributed by atoms with Crippen LogP contribution in [0.4, 0.5) is 11.4 Å². The molecule has 0 unspecified atom stereocenters. The van der Waals surface area contributed by atoms with Crippen LogP contribution in [0, 0.1) is 0 Å². The van der Waals surface area contributed by atoms with Crippen LogP contribution in [0.2, 0.25) is 0 Å². The van der Waals surface area contributed by atoms with E-state index in [9.17, 15) is 4.79 Å². The maximum atomic E-state index is 12.9. The van der Waals surface area contributed by atoms with E-state index in [4.69, 9.17) is 14.2 Å². The van der Waals surface area contributed by atoms with Gasteiger partial charge in [0.2, 0.25) is 5.79 Å². The highest BCUT2D eigenvalue weighted by Gasteiger charge is 2.44. The highest BCUT2D eigenvalue weighted by Crippen LogP contribution is 2.37. The fraction of sp³-hybridized carbons (Fsp3) is 0.371. The molecule has 5 heterocycles. The Bertz CT molecular complexity index is 1980. The third-order valence-corrected chi connectivity index (χ3v) is 9.89. The summed E-state index contributed by atoms with van der Waals surface area (Å²) >= 11 is 3.51. The first kappa shape index (κ1) is 32.4. The molecule has 3 aliphatic heterocycles. The minimum atomic E-state index is -0.984. The van der Waals surface area contributed by atoms with Gasteiger partial charge in [0.1, 0.15) is 44.0 Å². The van der Waals surface area contributed by atoms with Gasteiger partial charge < -0.3 is 24.0 Å². The van der Waals surface area contributed by atoms with E-state index < -0.39 is 5.79 Å². The number of halogens is 1. The van der Waals surface area contributed by atoms with Crippen molar-refractivity contribution >= 4 is 27.3 Å². The van der Waals surface area contributed by atoms with E-state index in [1.54, 1.807) is 21.9 Å². The van der Waals surface area contributed by atoms with E-state index in [1.165, 1.54) is 11.0 Å². The summed E-state index contributed by atoms with van der Waals surface area (Å²) in [6.45, 7) is 7.12. The van der Waals surface area contributed by atoms with E-state index in [1.807, 2.05) is 55.5 Å². The molecule has 0 N–H and O–H groups in total. The quantitative estimate of drug-likeness (QED) is 0.180. The van der Waals surface area contributed by atoms with Crippen LogP contribution in [-0.2, 0) is 28.4 Å². The Balaban J connectivity index is 0.827. The number of nitrogens with zero attached hydrogens (tertiary/aromatic N) is 10. The Morgan fingerprint density at radius 1 is 0.860 bits per heavy atom. The van der Waals surface area contributed by atoms with Crippen LogP contribution >= 0.6 is 15.9 Å². The maximum absolute atomic E-state index is 12.9. The molecule has 0 bridgehead atoms. The minimum Gasteiger partial charge on any atom is -0.491 e. The lowest BCUT2D eigenvalue weighted by Gasteiger charge is -2.37. The van der Waals surface area contributed by atoms with Crippen LogP contribution < -0.4 is 20.2 Å². The SMILES string of the molecule is CC1(CCn2ncn(-c3ccc(N4CCN(c5ccc(OC[C@@H]6CO[C@@](Cn7cncn7)(c7ccc(Br)cc7)O6)cc5)CC4)cc3)c2=O)N=N1. The highest BCUT2D eigenvalue weighted by molar-refractivity contribution is 9.10. The Labute approximate surface area is 297 Å². The zero-order valence-corrected chi connectivity index (χ0v) is 29.2. The molecule has 3 aliphatic rings. The fourth-order valence-corrected chi connectivity index (χ4v) is 6.63. The maximum Gasteiger partial charge on any atom is 0.350 e. The predicted octanol–water partition coefficient (Wildman–Crippen LogP) is 4.63. The van der Waals surface area contributed by atoms with E-state index in [0.29, 0.717) is 32.7 Å². The summed E-state index contributed by atoms with van der Waals surface area (Å²) in [4.78, 5) is 21.7. The van der Waals surface area contributed by atoms with Gasteiger partial charge in [-0.25, -0.2) is 23.7 Å². The van der Waals surface area contributed by atoms with Crippen LogP contribution in [0.25, 0.3) is 5.69 Å². The Kier molecular flexibility index (Phi) is 8.70. The number of aromatic nitrogens is 6. The second-order valence-electron chi connectivity index (χ2n) is 12.9. The lowest BCUT2D eigenvalue weighted by Crippen LogP contribution is -2.46. The van der Waals surface area contributed by atoms with Gasteiger partial charge in [0, 0.05) is 54.0 Å². The molecule has 0 saturated carbocycles. The number of aryl methyl sites for hydroxylation is 1. The fourth-order valence-electron chi connectivity index (χ4n) is 6.36. The molecular formula is C35H37BrN10O4. The van der Waals surface area contributed by atoms with Crippen molar-refractivity contribution < 1.29 is 14.2 Å². The van der Waals surface area contributed by atoms with Gasteiger partial charge in [-0.05, 0) is 67.6 Å². The number of hydrogen-bond donors (Lipinski definition) is 0. The number of rotatable bonds is 12. The van der Waals surface area contributed by atoms with Crippen molar-refractivity contribution in [1.29, 1.82) is 0 Å². The monoisotopic (exact) mass is 740 g/mol. The molecule has 0 radical (unpaired) electrons. The van der Waals surface area contributed by atoms with E-state index in [2.05, 4.69) is 75.4 Å². The molecule has 258 valence electrons.